The Morgan fingerprint density at radius 3 is 2.68 bits per heavy atom. The molecule has 1 N–H and O–H groups in total. The highest BCUT2D eigenvalue weighted by atomic mass is 35.5. The average Bonchev–Trinajstić information content (AvgIpc) is 3.11. The van der Waals surface area contributed by atoms with E-state index in [-0.39, 0.29) is 12.1 Å². The number of esters is 1. The summed E-state index contributed by atoms with van der Waals surface area (Å²) in [5.41, 5.74) is 0.406. The maximum absolute atomic E-state index is 13.9. The first-order valence-electron chi connectivity index (χ1n) is 7.95. The molecule has 0 aliphatic rings. The van der Waals surface area contributed by atoms with Gasteiger partial charge in [0.2, 0.25) is 5.91 Å². The summed E-state index contributed by atoms with van der Waals surface area (Å²) in [6.07, 6.45) is -0.134. The van der Waals surface area contributed by atoms with Gasteiger partial charge in [-0.1, -0.05) is 29.8 Å². The molecule has 1 aromatic heterocycles. The molecule has 0 aliphatic heterocycles. The van der Waals surface area contributed by atoms with Crippen LogP contribution in [0.5, 0.6) is 0 Å². The van der Waals surface area contributed by atoms with Crippen molar-refractivity contribution in [3.05, 3.63) is 69.7 Å². The number of aromatic nitrogens is 1. The lowest BCUT2D eigenvalue weighted by Crippen LogP contribution is -2.17. The highest BCUT2D eigenvalue weighted by molar-refractivity contribution is 7.13. The molecule has 9 heteroatoms. The van der Waals surface area contributed by atoms with Crippen molar-refractivity contribution in [2.24, 2.45) is 0 Å². The van der Waals surface area contributed by atoms with E-state index in [2.05, 4.69) is 15.0 Å². The van der Waals surface area contributed by atoms with E-state index in [1.165, 1.54) is 11.3 Å². The predicted molar refractivity (Wildman–Crippen MR) is 103 cm³/mol. The van der Waals surface area contributed by atoms with Gasteiger partial charge in [0.15, 0.2) is 0 Å². The van der Waals surface area contributed by atoms with Crippen LogP contribution in [-0.4, -0.2) is 24.0 Å². The van der Waals surface area contributed by atoms with E-state index in [1.807, 2.05) is 12.1 Å². The van der Waals surface area contributed by atoms with Crippen molar-refractivity contribution in [3.8, 4) is 10.6 Å². The molecule has 5 nitrogen and oxygen atoms in total. The number of hydrogen-bond donors (Lipinski definition) is 1. The first-order valence-corrected chi connectivity index (χ1v) is 9.21. The van der Waals surface area contributed by atoms with Gasteiger partial charge in [0.05, 0.1) is 35.5 Å². The molecule has 0 saturated carbocycles. The minimum Gasteiger partial charge on any atom is -0.465 e. The van der Waals surface area contributed by atoms with E-state index in [9.17, 15) is 18.4 Å². The largest absolute Gasteiger partial charge is 0.465 e. The molecule has 3 rings (SSSR count). The number of carbonyl (C=O) groups excluding carboxylic acids is 2. The van der Waals surface area contributed by atoms with Crippen LogP contribution >= 0.6 is 22.9 Å². The summed E-state index contributed by atoms with van der Waals surface area (Å²) in [5, 5.41) is 5.20. The Hall–Kier alpha value is -2.84. The molecule has 2 aromatic carbocycles. The smallest absolute Gasteiger partial charge is 0.340 e. The maximum atomic E-state index is 13.9. The number of ether oxygens (including phenoxy) is 1. The van der Waals surface area contributed by atoms with E-state index in [1.54, 1.807) is 17.5 Å². The minimum atomic E-state index is -1.08. The van der Waals surface area contributed by atoms with Gasteiger partial charge < -0.3 is 10.1 Å². The Morgan fingerprint density at radius 2 is 1.96 bits per heavy atom. The number of benzene rings is 2. The molecule has 0 unspecified atom stereocenters. The van der Waals surface area contributed by atoms with Gasteiger partial charge in [-0.25, -0.2) is 18.6 Å². The number of amides is 1. The first kappa shape index (κ1) is 19.9. The number of nitrogens with one attached hydrogen (secondary N) is 1. The molecule has 144 valence electrons. The van der Waals surface area contributed by atoms with Crippen LogP contribution in [-0.2, 0) is 16.0 Å². The van der Waals surface area contributed by atoms with Crippen molar-refractivity contribution >= 4 is 40.5 Å². The molecular weight excluding hydrogens is 410 g/mol. The summed E-state index contributed by atoms with van der Waals surface area (Å²) >= 11 is 7.46. The molecule has 0 bridgehead atoms. The summed E-state index contributed by atoms with van der Waals surface area (Å²) < 4.78 is 32.0. The van der Waals surface area contributed by atoms with Gasteiger partial charge in [-0.3, -0.25) is 4.79 Å². The molecule has 28 heavy (non-hydrogen) atoms. The van der Waals surface area contributed by atoms with Crippen LogP contribution in [0.15, 0.2) is 41.8 Å². The summed E-state index contributed by atoms with van der Waals surface area (Å²) in [6.45, 7) is 0. The third-order valence-electron chi connectivity index (χ3n) is 3.73. The number of rotatable bonds is 5. The molecule has 1 heterocycles. The lowest BCUT2D eigenvalue weighted by Gasteiger charge is -2.08. The molecule has 0 fully saturated rings. The zero-order valence-electron chi connectivity index (χ0n) is 14.5. The lowest BCUT2D eigenvalue weighted by atomic mass is 10.1. The predicted octanol–water partition coefficient (Wildman–Crippen LogP) is 4.71. The van der Waals surface area contributed by atoms with E-state index in [4.69, 9.17) is 11.6 Å². The normalized spacial score (nSPS) is 10.6. The molecule has 1 amide bonds. The second-order valence-electron chi connectivity index (χ2n) is 5.65. The van der Waals surface area contributed by atoms with Crippen LogP contribution < -0.4 is 5.32 Å². The summed E-state index contributed by atoms with van der Waals surface area (Å²) in [7, 11) is 1.07. The molecule has 0 atom stereocenters. The second-order valence-corrected chi connectivity index (χ2v) is 6.92. The van der Waals surface area contributed by atoms with Crippen LogP contribution in [0.2, 0.25) is 5.02 Å². The van der Waals surface area contributed by atoms with E-state index >= 15 is 0 Å². The van der Waals surface area contributed by atoms with Crippen LogP contribution in [0.1, 0.15) is 16.1 Å². The van der Waals surface area contributed by atoms with Gasteiger partial charge in [0.25, 0.3) is 0 Å². The van der Waals surface area contributed by atoms with Crippen molar-refractivity contribution in [1.29, 1.82) is 0 Å². The van der Waals surface area contributed by atoms with Crippen molar-refractivity contribution < 1.29 is 23.1 Å². The Kier molecular flexibility index (Phi) is 6.01. The molecule has 0 spiro atoms. The number of methoxy groups -OCH3 is 1. The van der Waals surface area contributed by atoms with Gasteiger partial charge in [-0.05, 0) is 12.1 Å². The van der Waals surface area contributed by atoms with E-state index < -0.39 is 29.1 Å². The fourth-order valence-corrected chi connectivity index (χ4v) is 3.56. The Bertz CT molecular complexity index is 1060. The van der Waals surface area contributed by atoms with E-state index in [0.717, 1.165) is 18.7 Å². The Balaban J connectivity index is 1.75. The summed E-state index contributed by atoms with van der Waals surface area (Å²) in [6, 6.07) is 8.58. The Morgan fingerprint density at radius 1 is 1.21 bits per heavy atom. The van der Waals surface area contributed by atoms with Crippen LogP contribution in [0.3, 0.4) is 0 Å². The molecule has 0 radical (unpaired) electrons. The van der Waals surface area contributed by atoms with Crippen molar-refractivity contribution in [2.45, 2.75) is 6.42 Å². The second kappa shape index (κ2) is 8.45. The lowest BCUT2D eigenvalue weighted by molar-refractivity contribution is -0.115. The van der Waals surface area contributed by atoms with Crippen molar-refractivity contribution in [3.63, 3.8) is 0 Å². The third-order valence-corrected chi connectivity index (χ3v) is 4.99. The number of anilines is 1. The van der Waals surface area contributed by atoms with Gasteiger partial charge >= 0.3 is 5.97 Å². The quantitative estimate of drug-likeness (QED) is 0.605. The van der Waals surface area contributed by atoms with E-state index in [0.29, 0.717) is 21.8 Å². The number of carbonyl (C=O) groups is 2. The van der Waals surface area contributed by atoms with Gasteiger partial charge in [0.1, 0.15) is 16.6 Å². The number of hydrogen-bond acceptors (Lipinski definition) is 5. The summed E-state index contributed by atoms with van der Waals surface area (Å²) in [4.78, 5) is 28.1. The number of nitrogens with zero attached hydrogens (tertiary/aromatic N) is 1. The third kappa shape index (κ3) is 4.35. The number of thiazole rings is 1. The van der Waals surface area contributed by atoms with Crippen LogP contribution in [0, 0.1) is 11.6 Å². The topological polar surface area (TPSA) is 68.3 Å². The summed E-state index contributed by atoms with van der Waals surface area (Å²) in [5.74, 6) is -3.63. The first-order chi connectivity index (χ1) is 13.4. The average molecular weight is 423 g/mol. The zero-order valence-corrected chi connectivity index (χ0v) is 16.0. The fraction of sp³-hybridized carbons (Fsp3) is 0.105. The molecule has 0 saturated heterocycles. The zero-order chi connectivity index (χ0) is 20.3. The highest BCUT2D eigenvalue weighted by Gasteiger charge is 2.18. The molecule has 0 aliphatic carbocycles. The van der Waals surface area contributed by atoms with Crippen LogP contribution in [0.25, 0.3) is 10.6 Å². The van der Waals surface area contributed by atoms with Crippen molar-refractivity contribution in [1.82, 2.24) is 4.98 Å². The monoisotopic (exact) mass is 422 g/mol. The number of halogens is 3. The van der Waals surface area contributed by atoms with Crippen molar-refractivity contribution in [2.75, 3.05) is 12.4 Å². The molecular formula is C19H13ClF2N2O3S. The SMILES string of the molecule is COC(=O)c1cc(NC(=O)Cc2csc(-c3ccccc3Cl)n2)c(F)cc1F. The van der Waals surface area contributed by atoms with Crippen LogP contribution in [0.4, 0.5) is 14.5 Å². The van der Waals surface area contributed by atoms with Gasteiger partial charge in [0, 0.05) is 17.0 Å². The highest BCUT2D eigenvalue weighted by Crippen LogP contribution is 2.30. The maximum Gasteiger partial charge on any atom is 0.340 e. The standard InChI is InChI=1S/C19H13ClF2N2O3S/c1-27-19(26)12-7-16(15(22)8-14(12)21)24-17(25)6-10-9-28-18(23-10)11-4-2-3-5-13(11)20/h2-5,7-9H,6H2,1H3,(H,24,25). The minimum absolute atomic E-state index is 0.134. The van der Waals surface area contributed by atoms with Gasteiger partial charge in [-0.15, -0.1) is 11.3 Å². The Labute approximate surface area is 167 Å². The van der Waals surface area contributed by atoms with Gasteiger partial charge in [-0.2, -0.15) is 0 Å². The fourth-order valence-electron chi connectivity index (χ4n) is 2.42. The molecule has 3 aromatic rings.